The zero-order valence-electron chi connectivity index (χ0n) is 17.6. The first-order valence-corrected chi connectivity index (χ1v) is 10.8. The van der Waals surface area contributed by atoms with Crippen molar-refractivity contribution in [3.05, 3.63) is 55.4 Å². The van der Waals surface area contributed by atoms with Gasteiger partial charge in [-0.2, -0.15) is 0 Å². The van der Waals surface area contributed by atoms with E-state index in [1.54, 1.807) is 13.0 Å². The van der Waals surface area contributed by atoms with Crippen LogP contribution in [0.25, 0.3) is 23.3 Å². The number of nitrogens with one attached hydrogen (secondary N) is 1. The molecule has 3 aromatic rings. The third-order valence-electron chi connectivity index (χ3n) is 5.36. The number of fused-ring (bicyclic) bond motifs is 1. The van der Waals surface area contributed by atoms with Gasteiger partial charge in [0.2, 0.25) is 0 Å². The SMILES string of the molecule is CCn1c(=O)c2[nH]c(C=Cc3ccc(OC4CCOCC4)c(Cl)c3)nc2n(CC)c1=O. The number of hydrogen-bond acceptors (Lipinski definition) is 5. The van der Waals surface area contributed by atoms with Gasteiger partial charge in [0.15, 0.2) is 5.65 Å². The summed E-state index contributed by atoms with van der Waals surface area (Å²) in [6, 6.07) is 5.58. The Morgan fingerprint density at radius 1 is 1.19 bits per heavy atom. The van der Waals surface area contributed by atoms with E-state index in [4.69, 9.17) is 21.1 Å². The maximum atomic E-state index is 12.6. The van der Waals surface area contributed by atoms with Gasteiger partial charge in [-0.25, -0.2) is 9.78 Å². The molecule has 1 saturated heterocycles. The van der Waals surface area contributed by atoms with E-state index in [1.807, 2.05) is 31.2 Å². The van der Waals surface area contributed by atoms with Crippen LogP contribution in [0.2, 0.25) is 5.02 Å². The standard InChI is InChI=1S/C22H25ClN4O4/c1-3-26-20-19(21(28)27(4-2)22(26)29)24-18(25-20)8-6-14-5-7-17(16(23)13-14)31-15-9-11-30-12-10-15/h5-8,13,15H,3-4,9-12H2,1-2H3,(H,24,25). The fourth-order valence-electron chi connectivity index (χ4n) is 3.69. The van der Waals surface area contributed by atoms with E-state index in [0.29, 0.717) is 54.1 Å². The molecule has 3 heterocycles. The third-order valence-corrected chi connectivity index (χ3v) is 5.66. The molecule has 31 heavy (non-hydrogen) atoms. The van der Waals surface area contributed by atoms with Crippen LogP contribution in [0.15, 0.2) is 27.8 Å². The Morgan fingerprint density at radius 2 is 1.94 bits per heavy atom. The lowest BCUT2D eigenvalue weighted by Crippen LogP contribution is -2.39. The summed E-state index contributed by atoms with van der Waals surface area (Å²) in [7, 11) is 0. The Balaban J connectivity index is 1.59. The van der Waals surface area contributed by atoms with Crippen molar-refractivity contribution >= 4 is 34.9 Å². The summed E-state index contributed by atoms with van der Waals surface area (Å²) >= 11 is 6.41. The number of nitrogens with zero attached hydrogens (tertiary/aromatic N) is 3. The van der Waals surface area contributed by atoms with Crippen molar-refractivity contribution in [3.8, 4) is 5.75 Å². The predicted octanol–water partition coefficient (Wildman–Crippen LogP) is 3.31. The molecule has 8 nitrogen and oxygen atoms in total. The van der Waals surface area contributed by atoms with Gasteiger partial charge in [-0.3, -0.25) is 13.9 Å². The van der Waals surface area contributed by atoms with Gasteiger partial charge in [-0.15, -0.1) is 0 Å². The number of benzene rings is 1. The average molecular weight is 445 g/mol. The number of ether oxygens (including phenoxy) is 2. The number of aromatic nitrogens is 4. The van der Waals surface area contributed by atoms with Crippen LogP contribution in [0.5, 0.6) is 5.75 Å². The fraction of sp³-hybridized carbons (Fsp3) is 0.409. The van der Waals surface area contributed by atoms with Crippen molar-refractivity contribution in [3.63, 3.8) is 0 Å². The molecule has 0 amide bonds. The molecular weight excluding hydrogens is 420 g/mol. The summed E-state index contributed by atoms with van der Waals surface area (Å²) in [6.45, 7) is 5.75. The van der Waals surface area contributed by atoms with Gasteiger partial charge in [-0.05, 0) is 37.6 Å². The molecule has 0 radical (unpaired) electrons. The molecule has 0 atom stereocenters. The molecule has 0 saturated carbocycles. The lowest BCUT2D eigenvalue weighted by atomic mass is 10.1. The van der Waals surface area contributed by atoms with Crippen LogP contribution in [0.1, 0.15) is 38.1 Å². The molecule has 4 rings (SSSR count). The highest BCUT2D eigenvalue weighted by molar-refractivity contribution is 6.32. The lowest BCUT2D eigenvalue weighted by molar-refractivity contribution is 0.0256. The molecule has 1 aliphatic heterocycles. The Kier molecular flexibility index (Phi) is 6.29. The van der Waals surface area contributed by atoms with Crippen LogP contribution in [0.3, 0.4) is 0 Å². The van der Waals surface area contributed by atoms with Crippen molar-refractivity contribution in [2.24, 2.45) is 0 Å². The molecule has 1 N–H and O–H groups in total. The summed E-state index contributed by atoms with van der Waals surface area (Å²) in [5, 5.41) is 0.531. The molecule has 0 bridgehead atoms. The molecule has 1 fully saturated rings. The van der Waals surface area contributed by atoms with E-state index in [2.05, 4.69) is 9.97 Å². The number of aryl methyl sites for hydroxylation is 1. The Morgan fingerprint density at radius 3 is 2.61 bits per heavy atom. The number of hydrogen-bond donors (Lipinski definition) is 1. The lowest BCUT2D eigenvalue weighted by Gasteiger charge is -2.23. The van der Waals surface area contributed by atoms with Crippen molar-refractivity contribution in [1.82, 2.24) is 19.1 Å². The Bertz CT molecular complexity index is 1230. The predicted molar refractivity (Wildman–Crippen MR) is 121 cm³/mol. The molecule has 0 unspecified atom stereocenters. The largest absolute Gasteiger partial charge is 0.489 e. The molecular formula is C22H25ClN4O4. The number of H-pyrrole nitrogens is 1. The van der Waals surface area contributed by atoms with Crippen LogP contribution in [-0.4, -0.2) is 38.4 Å². The van der Waals surface area contributed by atoms with E-state index < -0.39 is 0 Å². The van der Waals surface area contributed by atoms with Crippen molar-refractivity contribution in [2.45, 2.75) is 45.9 Å². The van der Waals surface area contributed by atoms with Crippen molar-refractivity contribution in [1.29, 1.82) is 0 Å². The quantitative estimate of drug-likeness (QED) is 0.629. The van der Waals surface area contributed by atoms with E-state index in [0.717, 1.165) is 18.4 Å². The first kappa shape index (κ1) is 21.4. The second-order valence-electron chi connectivity index (χ2n) is 7.35. The summed E-state index contributed by atoms with van der Waals surface area (Å²) < 4.78 is 14.0. The second kappa shape index (κ2) is 9.11. The maximum absolute atomic E-state index is 12.6. The zero-order chi connectivity index (χ0) is 22.0. The summed E-state index contributed by atoms with van der Waals surface area (Å²) in [6.07, 6.45) is 5.42. The Labute approximate surface area is 184 Å². The monoisotopic (exact) mass is 444 g/mol. The molecule has 0 aliphatic carbocycles. The van der Waals surface area contributed by atoms with E-state index in [9.17, 15) is 9.59 Å². The number of halogens is 1. The summed E-state index contributed by atoms with van der Waals surface area (Å²) in [4.78, 5) is 32.6. The molecule has 2 aromatic heterocycles. The average Bonchev–Trinajstić information content (AvgIpc) is 3.20. The van der Waals surface area contributed by atoms with Gasteiger partial charge >= 0.3 is 5.69 Å². The van der Waals surface area contributed by atoms with Crippen LogP contribution in [-0.2, 0) is 17.8 Å². The minimum absolute atomic E-state index is 0.117. The first-order valence-electron chi connectivity index (χ1n) is 10.5. The van der Waals surface area contributed by atoms with Gasteiger partial charge in [0.1, 0.15) is 23.2 Å². The fourth-order valence-corrected chi connectivity index (χ4v) is 3.93. The van der Waals surface area contributed by atoms with E-state index in [-0.39, 0.29) is 17.4 Å². The highest BCUT2D eigenvalue weighted by atomic mass is 35.5. The summed E-state index contributed by atoms with van der Waals surface area (Å²) in [5.41, 5.74) is 0.832. The smallest absolute Gasteiger partial charge is 0.332 e. The van der Waals surface area contributed by atoms with Gasteiger partial charge in [-0.1, -0.05) is 23.7 Å². The van der Waals surface area contributed by atoms with Crippen molar-refractivity contribution < 1.29 is 9.47 Å². The van der Waals surface area contributed by atoms with Crippen molar-refractivity contribution in [2.75, 3.05) is 13.2 Å². The molecule has 1 aliphatic rings. The van der Waals surface area contributed by atoms with Gasteiger partial charge in [0.25, 0.3) is 5.56 Å². The molecule has 1 aromatic carbocycles. The maximum Gasteiger partial charge on any atom is 0.332 e. The van der Waals surface area contributed by atoms with Gasteiger partial charge < -0.3 is 14.5 Å². The highest BCUT2D eigenvalue weighted by Gasteiger charge is 2.17. The van der Waals surface area contributed by atoms with Gasteiger partial charge in [0, 0.05) is 25.9 Å². The molecule has 0 spiro atoms. The number of aromatic amines is 1. The van der Waals surface area contributed by atoms with Crippen LogP contribution >= 0.6 is 11.6 Å². The normalized spacial score (nSPS) is 15.2. The topological polar surface area (TPSA) is 91.1 Å². The third kappa shape index (κ3) is 4.31. The zero-order valence-corrected chi connectivity index (χ0v) is 18.3. The second-order valence-corrected chi connectivity index (χ2v) is 7.76. The molecule has 164 valence electrons. The minimum Gasteiger partial charge on any atom is -0.489 e. The minimum atomic E-state index is -0.364. The summed E-state index contributed by atoms with van der Waals surface area (Å²) in [5.74, 6) is 1.14. The van der Waals surface area contributed by atoms with E-state index >= 15 is 0 Å². The number of rotatable bonds is 6. The highest BCUT2D eigenvalue weighted by Crippen LogP contribution is 2.28. The van der Waals surface area contributed by atoms with Crippen LogP contribution in [0, 0.1) is 0 Å². The van der Waals surface area contributed by atoms with E-state index in [1.165, 1.54) is 9.13 Å². The molecule has 9 heteroatoms. The number of imidazole rings is 1. The van der Waals surface area contributed by atoms with Gasteiger partial charge in [0.05, 0.1) is 18.2 Å². The Hall–Kier alpha value is -2.84. The van der Waals surface area contributed by atoms with Crippen LogP contribution < -0.4 is 16.0 Å². The first-order chi connectivity index (χ1) is 15.0. The van der Waals surface area contributed by atoms with Crippen LogP contribution in [0.4, 0.5) is 0 Å².